The SMILES string of the molecule is O=[C]CCc1ccncn1. The Bertz CT molecular complexity index is 198. The number of aromatic nitrogens is 2. The molecule has 0 unspecified atom stereocenters. The van der Waals surface area contributed by atoms with Gasteiger partial charge in [0, 0.05) is 18.3 Å². The van der Waals surface area contributed by atoms with Gasteiger partial charge in [0.15, 0.2) is 6.29 Å². The second-order valence-electron chi connectivity index (χ2n) is 1.85. The molecule has 1 aromatic rings. The van der Waals surface area contributed by atoms with E-state index in [0.29, 0.717) is 12.8 Å². The monoisotopic (exact) mass is 135 g/mol. The molecule has 1 radical (unpaired) electrons. The molecule has 1 heterocycles. The summed E-state index contributed by atoms with van der Waals surface area (Å²) in [5, 5.41) is 0. The van der Waals surface area contributed by atoms with Crippen LogP contribution in [-0.2, 0) is 11.2 Å². The minimum absolute atomic E-state index is 0.414. The number of aryl methyl sites for hydroxylation is 1. The first-order valence-corrected chi connectivity index (χ1v) is 3.03. The zero-order valence-corrected chi connectivity index (χ0v) is 5.45. The van der Waals surface area contributed by atoms with E-state index in [9.17, 15) is 4.79 Å². The molecule has 0 atom stereocenters. The van der Waals surface area contributed by atoms with E-state index < -0.39 is 0 Å². The zero-order chi connectivity index (χ0) is 7.23. The molecule has 0 saturated carbocycles. The number of hydrogen-bond donors (Lipinski definition) is 0. The van der Waals surface area contributed by atoms with Crippen molar-refractivity contribution in [2.24, 2.45) is 0 Å². The van der Waals surface area contributed by atoms with Gasteiger partial charge in [-0.3, -0.25) is 4.79 Å². The lowest BCUT2D eigenvalue weighted by atomic mass is 10.2. The van der Waals surface area contributed by atoms with Crippen LogP contribution in [0.2, 0.25) is 0 Å². The summed E-state index contributed by atoms with van der Waals surface area (Å²) in [7, 11) is 0. The Morgan fingerprint density at radius 3 is 3.10 bits per heavy atom. The van der Waals surface area contributed by atoms with Crippen molar-refractivity contribution in [3.63, 3.8) is 0 Å². The van der Waals surface area contributed by atoms with Gasteiger partial charge in [-0.2, -0.15) is 0 Å². The summed E-state index contributed by atoms with van der Waals surface area (Å²) >= 11 is 0. The Balaban J connectivity index is 2.50. The maximum absolute atomic E-state index is 9.81. The minimum atomic E-state index is 0.414. The van der Waals surface area contributed by atoms with E-state index in [2.05, 4.69) is 9.97 Å². The third-order valence-electron chi connectivity index (χ3n) is 1.13. The largest absolute Gasteiger partial charge is 0.291 e. The topological polar surface area (TPSA) is 42.9 Å². The van der Waals surface area contributed by atoms with Crippen LogP contribution in [0.25, 0.3) is 0 Å². The molecule has 3 nitrogen and oxygen atoms in total. The highest BCUT2D eigenvalue weighted by Gasteiger charge is 1.90. The lowest BCUT2D eigenvalue weighted by molar-refractivity contribution is 0.551. The number of rotatable bonds is 3. The van der Waals surface area contributed by atoms with Gasteiger partial charge in [0.2, 0.25) is 0 Å². The first-order chi connectivity index (χ1) is 4.93. The lowest BCUT2D eigenvalue weighted by Crippen LogP contribution is -1.89. The Kier molecular flexibility index (Phi) is 2.55. The van der Waals surface area contributed by atoms with Gasteiger partial charge in [-0.1, -0.05) is 0 Å². The molecule has 51 valence electrons. The fraction of sp³-hybridized carbons (Fsp3) is 0.286. The third kappa shape index (κ3) is 1.93. The Labute approximate surface area is 59.1 Å². The van der Waals surface area contributed by atoms with E-state index in [1.54, 1.807) is 18.5 Å². The van der Waals surface area contributed by atoms with Crippen LogP contribution < -0.4 is 0 Å². The van der Waals surface area contributed by atoms with Crippen molar-refractivity contribution >= 4 is 6.29 Å². The van der Waals surface area contributed by atoms with Gasteiger partial charge in [0.1, 0.15) is 6.33 Å². The average Bonchev–Trinajstić information content (AvgIpc) is 2.03. The van der Waals surface area contributed by atoms with Crippen LogP contribution in [0.4, 0.5) is 0 Å². The van der Waals surface area contributed by atoms with Crippen LogP contribution in [0.5, 0.6) is 0 Å². The van der Waals surface area contributed by atoms with Crippen LogP contribution in [0.15, 0.2) is 18.6 Å². The normalized spacial score (nSPS) is 9.20. The highest BCUT2D eigenvalue weighted by Crippen LogP contribution is 1.93. The Hall–Kier alpha value is -1.25. The van der Waals surface area contributed by atoms with Gasteiger partial charge in [-0.25, -0.2) is 9.97 Å². The lowest BCUT2D eigenvalue weighted by Gasteiger charge is -1.91. The first kappa shape index (κ1) is 6.86. The standard InChI is InChI=1S/C7H7N2O/c10-5-1-2-7-3-4-8-6-9-7/h3-4,6H,1-2H2. The Morgan fingerprint density at radius 1 is 1.60 bits per heavy atom. The van der Waals surface area contributed by atoms with E-state index in [1.807, 2.05) is 0 Å². The van der Waals surface area contributed by atoms with Gasteiger partial charge in [-0.15, -0.1) is 0 Å². The maximum Gasteiger partial charge on any atom is 0.198 e. The Morgan fingerprint density at radius 2 is 2.50 bits per heavy atom. The molecule has 0 spiro atoms. The van der Waals surface area contributed by atoms with Gasteiger partial charge in [-0.05, 0) is 12.5 Å². The van der Waals surface area contributed by atoms with Crippen LogP contribution in [0, 0.1) is 0 Å². The van der Waals surface area contributed by atoms with Crippen molar-refractivity contribution in [1.29, 1.82) is 0 Å². The van der Waals surface area contributed by atoms with Crippen LogP contribution >= 0.6 is 0 Å². The molecule has 0 aliphatic heterocycles. The summed E-state index contributed by atoms with van der Waals surface area (Å²) in [6.07, 6.45) is 6.01. The molecule has 1 rings (SSSR count). The van der Waals surface area contributed by atoms with E-state index in [-0.39, 0.29) is 0 Å². The summed E-state index contributed by atoms with van der Waals surface area (Å²) in [5.74, 6) is 0. The van der Waals surface area contributed by atoms with E-state index >= 15 is 0 Å². The smallest absolute Gasteiger partial charge is 0.198 e. The fourth-order valence-corrected chi connectivity index (χ4v) is 0.645. The molecular weight excluding hydrogens is 128 g/mol. The molecule has 0 saturated heterocycles. The van der Waals surface area contributed by atoms with Crippen molar-refractivity contribution in [2.45, 2.75) is 12.8 Å². The number of hydrogen-bond acceptors (Lipinski definition) is 3. The van der Waals surface area contributed by atoms with Crippen molar-refractivity contribution < 1.29 is 4.79 Å². The summed E-state index contributed by atoms with van der Waals surface area (Å²) in [5.41, 5.74) is 0.887. The number of carbonyl (C=O) groups excluding carboxylic acids is 1. The van der Waals surface area contributed by atoms with Gasteiger partial charge >= 0.3 is 0 Å². The molecule has 0 N–H and O–H groups in total. The second-order valence-corrected chi connectivity index (χ2v) is 1.85. The molecular formula is C7H7N2O. The molecule has 10 heavy (non-hydrogen) atoms. The molecule has 0 aromatic carbocycles. The molecule has 0 aliphatic carbocycles. The molecule has 1 aromatic heterocycles. The van der Waals surface area contributed by atoms with E-state index in [0.717, 1.165) is 5.69 Å². The molecule has 0 bridgehead atoms. The van der Waals surface area contributed by atoms with Gasteiger partial charge in [0.05, 0.1) is 0 Å². The predicted molar refractivity (Wildman–Crippen MR) is 36.0 cm³/mol. The van der Waals surface area contributed by atoms with Crippen molar-refractivity contribution in [2.75, 3.05) is 0 Å². The summed E-state index contributed by atoms with van der Waals surface area (Å²) in [6.45, 7) is 0. The summed E-state index contributed by atoms with van der Waals surface area (Å²) in [4.78, 5) is 17.5. The van der Waals surface area contributed by atoms with Crippen LogP contribution in [0.1, 0.15) is 12.1 Å². The highest BCUT2D eigenvalue weighted by atomic mass is 16.1. The molecule has 0 fully saturated rings. The molecule has 3 heteroatoms. The maximum atomic E-state index is 9.81. The van der Waals surface area contributed by atoms with Crippen molar-refractivity contribution in [3.8, 4) is 0 Å². The van der Waals surface area contributed by atoms with Crippen LogP contribution in [-0.4, -0.2) is 16.3 Å². The third-order valence-corrected chi connectivity index (χ3v) is 1.13. The minimum Gasteiger partial charge on any atom is -0.291 e. The van der Waals surface area contributed by atoms with Crippen LogP contribution in [0.3, 0.4) is 0 Å². The average molecular weight is 135 g/mol. The van der Waals surface area contributed by atoms with Crippen molar-refractivity contribution in [3.05, 3.63) is 24.3 Å². The van der Waals surface area contributed by atoms with Gasteiger partial charge in [0.25, 0.3) is 0 Å². The predicted octanol–water partition coefficient (Wildman–Crippen LogP) is 0.519. The second kappa shape index (κ2) is 3.71. The molecule has 0 amide bonds. The van der Waals surface area contributed by atoms with Crippen molar-refractivity contribution in [1.82, 2.24) is 9.97 Å². The van der Waals surface area contributed by atoms with Gasteiger partial charge < -0.3 is 0 Å². The van der Waals surface area contributed by atoms with E-state index in [4.69, 9.17) is 0 Å². The molecule has 0 aliphatic rings. The first-order valence-electron chi connectivity index (χ1n) is 3.03. The van der Waals surface area contributed by atoms with E-state index in [1.165, 1.54) is 6.33 Å². The summed E-state index contributed by atoms with van der Waals surface area (Å²) in [6, 6.07) is 1.79. The summed E-state index contributed by atoms with van der Waals surface area (Å²) < 4.78 is 0. The quantitative estimate of drug-likeness (QED) is 0.606. The zero-order valence-electron chi connectivity index (χ0n) is 5.45. The number of nitrogens with zero attached hydrogens (tertiary/aromatic N) is 2. The highest BCUT2D eigenvalue weighted by molar-refractivity contribution is 5.50. The fourth-order valence-electron chi connectivity index (χ4n) is 0.645.